The Bertz CT molecular complexity index is 1240. The van der Waals surface area contributed by atoms with Crippen molar-refractivity contribution in [2.75, 3.05) is 18.5 Å². The molecule has 3 heterocycles. The Morgan fingerprint density at radius 2 is 1.85 bits per heavy atom. The molecule has 1 spiro atoms. The molecule has 3 amide bonds. The van der Waals surface area contributed by atoms with Gasteiger partial charge < -0.3 is 30.1 Å². The lowest BCUT2D eigenvalue weighted by atomic mass is 9.70. The number of aliphatic hydroxyl groups excluding tert-OH is 1. The summed E-state index contributed by atoms with van der Waals surface area (Å²) in [5.74, 6) is -2.12. The number of hydrogen-bond acceptors (Lipinski definition) is 6. The molecule has 10 heteroatoms. The van der Waals surface area contributed by atoms with Gasteiger partial charge >= 0.3 is 0 Å². The van der Waals surface area contributed by atoms with E-state index in [9.17, 15) is 19.5 Å². The maximum atomic E-state index is 14.2. The smallest absolute Gasteiger partial charge is 0.246 e. The Morgan fingerprint density at radius 1 is 1.15 bits per heavy atom. The van der Waals surface area contributed by atoms with E-state index < -0.39 is 35.6 Å². The predicted octanol–water partition coefficient (Wildman–Crippen LogP) is 3.11. The van der Waals surface area contributed by atoms with Gasteiger partial charge in [-0.1, -0.05) is 60.1 Å². The molecule has 7 atom stereocenters. The van der Waals surface area contributed by atoms with Crippen LogP contribution < -0.4 is 15.4 Å². The maximum Gasteiger partial charge on any atom is 0.246 e. The highest BCUT2D eigenvalue weighted by molar-refractivity contribution is 9.09. The molecule has 5 rings (SSSR count). The number of anilines is 1. The second-order valence-corrected chi connectivity index (χ2v) is 12.2. The van der Waals surface area contributed by atoms with Gasteiger partial charge in [0.15, 0.2) is 0 Å². The summed E-state index contributed by atoms with van der Waals surface area (Å²) in [5.41, 5.74) is 0.303. The molecule has 2 aromatic carbocycles. The normalized spacial score (nSPS) is 29.4. The van der Waals surface area contributed by atoms with Gasteiger partial charge in [0, 0.05) is 17.1 Å². The fourth-order valence-corrected chi connectivity index (χ4v) is 7.50. The molecule has 2 bridgehead atoms. The minimum atomic E-state index is -1.19. The van der Waals surface area contributed by atoms with Crippen molar-refractivity contribution in [1.29, 1.82) is 0 Å². The summed E-state index contributed by atoms with van der Waals surface area (Å²) in [6.45, 7) is 6.22. The maximum absolute atomic E-state index is 14.2. The molecule has 0 radical (unpaired) electrons. The molecule has 9 nitrogen and oxygen atoms in total. The van der Waals surface area contributed by atoms with Crippen LogP contribution in [0.5, 0.6) is 5.75 Å². The topological polar surface area (TPSA) is 117 Å². The molecular formula is C30H36BrN3O6. The Hall–Kier alpha value is -2.95. The molecule has 3 aliphatic rings. The fourth-order valence-electron chi connectivity index (χ4n) is 6.55. The van der Waals surface area contributed by atoms with Crippen LogP contribution in [0.3, 0.4) is 0 Å². The molecule has 3 saturated heterocycles. The van der Waals surface area contributed by atoms with Crippen LogP contribution in [0.15, 0.2) is 54.6 Å². The zero-order valence-corrected chi connectivity index (χ0v) is 24.5. The van der Waals surface area contributed by atoms with Crippen LogP contribution >= 0.6 is 15.9 Å². The van der Waals surface area contributed by atoms with Crippen molar-refractivity contribution in [3.05, 3.63) is 60.2 Å². The molecule has 2 aromatic rings. The number of aliphatic hydroxyl groups is 1. The summed E-state index contributed by atoms with van der Waals surface area (Å²) < 4.78 is 12.0. The summed E-state index contributed by atoms with van der Waals surface area (Å²) in [6, 6.07) is 15.0. The van der Waals surface area contributed by atoms with Crippen molar-refractivity contribution >= 4 is 39.3 Å². The molecule has 0 saturated carbocycles. The first-order chi connectivity index (χ1) is 19.2. The lowest BCUT2D eigenvalue weighted by Gasteiger charge is -2.38. The summed E-state index contributed by atoms with van der Waals surface area (Å²) >= 11 is 3.69. The predicted molar refractivity (Wildman–Crippen MR) is 153 cm³/mol. The number of hydrogen-bond donors (Lipinski definition) is 3. The van der Waals surface area contributed by atoms with Crippen molar-refractivity contribution in [3.8, 4) is 5.75 Å². The highest BCUT2D eigenvalue weighted by atomic mass is 79.9. The Balaban J connectivity index is 1.46. The van der Waals surface area contributed by atoms with Gasteiger partial charge in [0.05, 0.1) is 37.2 Å². The monoisotopic (exact) mass is 613 g/mol. The molecule has 0 aliphatic carbocycles. The summed E-state index contributed by atoms with van der Waals surface area (Å²) in [7, 11) is 0. The largest absolute Gasteiger partial charge is 0.494 e. The van der Waals surface area contributed by atoms with Gasteiger partial charge in [-0.25, -0.2) is 0 Å². The van der Waals surface area contributed by atoms with Gasteiger partial charge in [0.25, 0.3) is 0 Å². The first-order valence-corrected chi connectivity index (χ1v) is 14.7. The Morgan fingerprint density at radius 3 is 2.48 bits per heavy atom. The molecular weight excluding hydrogens is 578 g/mol. The zero-order chi connectivity index (χ0) is 28.6. The second kappa shape index (κ2) is 11.5. The number of amides is 3. The van der Waals surface area contributed by atoms with E-state index in [0.29, 0.717) is 24.5 Å². The van der Waals surface area contributed by atoms with E-state index in [4.69, 9.17) is 9.47 Å². The number of halogens is 1. The Kier molecular flexibility index (Phi) is 8.22. The number of rotatable bonds is 10. The molecule has 0 aromatic heterocycles. The average molecular weight is 615 g/mol. The third-order valence-corrected chi connectivity index (χ3v) is 9.18. The minimum absolute atomic E-state index is 0.123. The molecule has 214 valence electrons. The van der Waals surface area contributed by atoms with Gasteiger partial charge in [-0.15, -0.1) is 0 Å². The van der Waals surface area contributed by atoms with Crippen LogP contribution in [0.2, 0.25) is 0 Å². The van der Waals surface area contributed by atoms with Gasteiger partial charge in [0.2, 0.25) is 17.7 Å². The third-order valence-electron chi connectivity index (χ3n) is 8.33. The van der Waals surface area contributed by atoms with E-state index in [1.807, 2.05) is 51.1 Å². The van der Waals surface area contributed by atoms with Crippen molar-refractivity contribution < 1.29 is 29.0 Å². The second-order valence-electron chi connectivity index (χ2n) is 11.1. The number of likely N-dealkylation sites (tertiary alicyclic amines) is 1. The minimum Gasteiger partial charge on any atom is -0.494 e. The van der Waals surface area contributed by atoms with Crippen LogP contribution in [0.4, 0.5) is 5.69 Å². The summed E-state index contributed by atoms with van der Waals surface area (Å²) in [4.78, 5) is 43.1. The third kappa shape index (κ3) is 4.90. The molecule has 3 N–H and O–H groups in total. The highest BCUT2D eigenvalue weighted by Crippen LogP contribution is 2.60. The summed E-state index contributed by atoms with van der Waals surface area (Å²) in [6.07, 6.45) is -0.174. The SMILES string of the molecule is CCOc1ccc(NC(=O)[C@H]2[C@@H]3OC4(CC3Br)C(C(=O)NCc3ccccc3)N([C@@H](CO)C(C)C)C(=O)[C@H]24)cc1. The van der Waals surface area contributed by atoms with Crippen molar-refractivity contribution in [3.63, 3.8) is 0 Å². The fraction of sp³-hybridized carbons (Fsp3) is 0.500. The number of nitrogens with zero attached hydrogens (tertiary/aromatic N) is 1. The zero-order valence-electron chi connectivity index (χ0n) is 22.9. The number of alkyl halides is 1. The quantitative estimate of drug-likeness (QED) is 0.355. The van der Waals surface area contributed by atoms with E-state index in [1.54, 1.807) is 24.3 Å². The number of carbonyl (C=O) groups excluding carboxylic acids is 3. The van der Waals surface area contributed by atoms with E-state index in [1.165, 1.54) is 4.90 Å². The van der Waals surface area contributed by atoms with Crippen LogP contribution in [-0.2, 0) is 25.7 Å². The summed E-state index contributed by atoms with van der Waals surface area (Å²) in [5, 5.41) is 16.3. The highest BCUT2D eigenvalue weighted by Gasteiger charge is 2.77. The average Bonchev–Trinajstić information content (AvgIpc) is 3.53. The van der Waals surface area contributed by atoms with E-state index in [2.05, 4.69) is 26.6 Å². The standard InChI is InChI=1S/C30H36BrN3O6/c1-4-39-20-12-10-19(11-13-20)33-27(36)23-24-29(38)34(22(16-35)17(2)3)26(30(24)14-21(31)25(23)40-30)28(37)32-15-18-8-6-5-7-9-18/h5-13,17,21-26,35H,4,14-16H2,1-3H3,(H,32,37)(H,33,36)/t21?,22-,23+,24-,25+,26?,30?/m0/s1. The first kappa shape index (κ1) is 28.6. The lowest BCUT2D eigenvalue weighted by Crippen LogP contribution is -2.59. The van der Waals surface area contributed by atoms with Gasteiger partial charge in [0.1, 0.15) is 17.4 Å². The molecule has 3 unspecified atom stereocenters. The lowest BCUT2D eigenvalue weighted by molar-refractivity contribution is -0.146. The van der Waals surface area contributed by atoms with Gasteiger partial charge in [-0.3, -0.25) is 14.4 Å². The number of carbonyl (C=O) groups is 3. The van der Waals surface area contributed by atoms with Crippen LogP contribution in [0.25, 0.3) is 0 Å². The van der Waals surface area contributed by atoms with E-state index in [0.717, 1.165) is 5.56 Å². The van der Waals surface area contributed by atoms with Crippen LogP contribution in [-0.4, -0.2) is 69.6 Å². The first-order valence-electron chi connectivity index (χ1n) is 13.8. The van der Waals surface area contributed by atoms with Gasteiger partial charge in [-0.2, -0.15) is 0 Å². The Labute approximate surface area is 242 Å². The molecule has 3 aliphatic heterocycles. The number of nitrogens with one attached hydrogen (secondary N) is 2. The van der Waals surface area contributed by atoms with Crippen molar-refractivity contribution in [2.45, 2.75) is 62.4 Å². The van der Waals surface area contributed by atoms with E-state index in [-0.39, 0.29) is 41.6 Å². The number of fused-ring (bicyclic) bond motifs is 1. The van der Waals surface area contributed by atoms with Crippen molar-refractivity contribution in [1.82, 2.24) is 10.2 Å². The number of benzene rings is 2. The molecule has 40 heavy (non-hydrogen) atoms. The van der Waals surface area contributed by atoms with Gasteiger partial charge in [-0.05, 0) is 49.1 Å². The van der Waals surface area contributed by atoms with E-state index >= 15 is 0 Å². The molecule has 3 fully saturated rings. The van der Waals surface area contributed by atoms with Crippen LogP contribution in [0, 0.1) is 17.8 Å². The number of ether oxygens (including phenoxy) is 2. The van der Waals surface area contributed by atoms with Crippen molar-refractivity contribution in [2.24, 2.45) is 17.8 Å². The van der Waals surface area contributed by atoms with Crippen LogP contribution in [0.1, 0.15) is 32.8 Å².